The Morgan fingerprint density at radius 3 is 2.50 bits per heavy atom. The fraction of sp³-hybridized carbons (Fsp3) is 1.00. The summed E-state index contributed by atoms with van der Waals surface area (Å²) in [5.41, 5.74) is 0. The molecule has 18 heavy (non-hydrogen) atoms. The average Bonchev–Trinajstić information content (AvgIpc) is 2.93. The minimum absolute atomic E-state index is 0.777. The first kappa shape index (κ1) is 11.8. The summed E-state index contributed by atoms with van der Waals surface area (Å²) in [6.07, 6.45) is 13.7. The number of nitrogens with one attached hydrogen (secondary N) is 1. The van der Waals surface area contributed by atoms with Crippen molar-refractivity contribution in [3.8, 4) is 0 Å². The smallest absolute Gasteiger partial charge is 0.0103 e. The first-order chi connectivity index (χ1) is 8.81. The summed E-state index contributed by atoms with van der Waals surface area (Å²) in [7, 11) is 0. The lowest BCUT2D eigenvalue weighted by Crippen LogP contribution is -2.44. The summed E-state index contributed by atoms with van der Waals surface area (Å²) in [5.74, 6) is 5.50. The van der Waals surface area contributed by atoms with Crippen molar-refractivity contribution in [1.82, 2.24) is 5.32 Å². The minimum atomic E-state index is 0.777. The molecule has 4 aliphatic rings. The van der Waals surface area contributed by atoms with Gasteiger partial charge in [-0.1, -0.05) is 25.7 Å². The fourth-order valence-electron chi connectivity index (χ4n) is 5.92. The van der Waals surface area contributed by atoms with E-state index in [0.717, 1.165) is 41.7 Å². The zero-order valence-electron chi connectivity index (χ0n) is 11.9. The Hall–Kier alpha value is -0.0400. The number of hydrogen-bond donors (Lipinski definition) is 1. The quantitative estimate of drug-likeness (QED) is 0.792. The van der Waals surface area contributed by atoms with Crippen LogP contribution in [0.3, 0.4) is 0 Å². The van der Waals surface area contributed by atoms with Gasteiger partial charge in [0.2, 0.25) is 0 Å². The third kappa shape index (κ3) is 1.85. The van der Waals surface area contributed by atoms with Crippen LogP contribution in [0.4, 0.5) is 0 Å². The summed E-state index contributed by atoms with van der Waals surface area (Å²) in [6.45, 7) is 2.44. The second-order valence-corrected chi connectivity index (χ2v) is 7.86. The van der Waals surface area contributed by atoms with Crippen molar-refractivity contribution in [3.05, 3.63) is 0 Å². The third-order valence-corrected chi connectivity index (χ3v) is 6.84. The van der Waals surface area contributed by atoms with Crippen molar-refractivity contribution in [2.24, 2.45) is 29.6 Å². The van der Waals surface area contributed by atoms with Gasteiger partial charge in [0.25, 0.3) is 0 Å². The number of fused-ring (bicyclic) bond motifs is 5. The normalized spacial score (nSPS) is 48.2. The van der Waals surface area contributed by atoms with Gasteiger partial charge in [-0.25, -0.2) is 0 Å². The lowest BCUT2D eigenvalue weighted by molar-refractivity contribution is 0.185. The van der Waals surface area contributed by atoms with E-state index in [2.05, 4.69) is 12.2 Å². The molecule has 0 saturated heterocycles. The molecule has 6 unspecified atom stereocenters. The molecule has 4 rings (SSSR count). The first-order valence-corrected chi connectivity index (χ1v) is 8.57. The van der Waals surface area contributed by atoms with Gasteiger partial charge in [0.05, 0.1) is 0 Å². The van der Waals surface area contributed by atoms with E-state index in [-0.39, 0.29) is 0 Å². The molecule has 2 bridgehead atoms. The van der Waals surface area contributed by atoms with Crippen LogP contribution in [0.5, 0.6) is 0 Å². The lowest BCUT2D eigenvalue weighted by Gasteiger charge is -2.36. The highest BCUT2D eigenvalue weighted by Crippen LogP contribution is 2.58. The molecule has 4 aliphatic carbocycles. The van der Waals surface area contributed by atoms with Gasteiger partial charge in [-0.2, -0.15) is 0 Å². The van der Waals surface area contributed by atoms with E-state index >= 15 is 0 Å². The molecule has 1 N–H and O–H groups in total. The Morgan fingerprint density at radius 1 is 0.944 bits per heavy atom. The van der Waals surface area contributed by atoms with Crippen LogP contribution in [0.1, 0.15) is 64.7 Å². The standard InChI is InChI=1S/C17H29N/c1-11(8-12-4-2-5-12)18-17-10-13-9-16(17)15-7-3-6-14(13)15/h11-18H,2-10H2,1H3. The van der Waals surface area contributed by atoms with Crippen LogP contribution < -0.4 is 5.32 Å². The molecule has 0 aromatic carbocycles. The van der Waals surface area contributed by atoms with Crippen LogP contribution in [0, 0.1) is 29.6 Å². The van der Waals surface area contributed by atoms with Gasteiger partial charge in [-0.3, -0.25) is 0 Å². The maximum Gasteiger partial charge on any atom is 0.0103 e. The summed E-state index contributed by atoms with van der Waals surface area (Å²) in [5, 5.41) is 4.02. The van der Waals surface area contributed by atoms with Crippen LogP contribution in [-0.2, 0) is 0 Å². The Balaban J connectivity index is 1.33. The van der Waals surface area contributed by atoms with Crippen LogP contribution in [0.15, 0.2) is 0 Å². The van der Waals surface area contributed by atoms with Crippen molar-refractivity contribution < 1.29 is 0 Å². The molecule has 0 aromatic heterocycles. The molecule has 0 heterocycles. The summed E-state index contributed by atoms with van der Waals surface area (Å²) in [6, 6.07) is 1.67. The van der Waals surface area contributed by atoms with E-state index in [4.69, 9.17) is 0 Å². The van der Waals surface area contributed by atoms with Crippen molar-refractivity contribution >= 4 is 0 Å². The summed E-state index contributed by atoms with van der Waals surface area (Å²) < 4.78 is 0. The molecule has 0 amide bonds. The van der Waals surface area contributed by atoms with Gasteiger partial charge < -0.3 is 5.32 Å². The predicted octanol–water partition coefficient (Wildman–Crippen LogP) is 3.98. The molecule has 0 spiro atoms. The Kier molecular flexibility index (Phi) is 2.94. The van der Waals surface area contributed by atoms with Gasteiger partial charge in [-0.05, 0) is 68.6 Å². The van der Waals surface area contributed by atoms with Gasteiger partial charge in [0, 0.05) is 12.1 Å². The zero-order chi connectivity index (χ0) is 12.1. The van der Waals surface area contributed by atoms with Gasteiger partial charge in [0.1, 0.15) is 0 Å². The third-order valence-electron chi connectivity index (χ3n) is 6.84. The second-order valence-electron chi connectivity index (χ2n) is 7.86. The topological polar surface area (TPSA) is 12.0 Å². The highest BCUT2D eigenvalue weighted by Gasteiger charge is 2.53. The Bertz CT molecular complexity index is 309. The Morgan fingerprint density at radius 2 is 1.72 bits per heavy atom. The maximum atomic E-state index is 4.02. The van der Waals surface area contributed by atoms with E-state index in [0.29, 0.717) is 0 Å². The largest absolute Gasteiger partial charge is 0.311 e. The van der Waals surface area contributed by atoms with Crippen molar-refractivity contribution in [1.29, 1.82) is 0 Å². The van der Waals surface area contributed by atoms with Crippen LogP contribution in [-0.4, -0.2) is 12.1 Å². The van der Waals surface area contributed by atoms with Gasteiger partial charge in [0.15, 0.2) is 0 Å². The molecule has 0 aromatic rings. The number of rotatable bonds is 4. The molecular formula is C17H29N. The minimum Gasteiger partial charge on any atom is -0.311 e. The monoisotopic (exact) mass is 247 g/mol. The van der Waals surface area contributed by atoms with Crippen LogP contribution in [0.25, 0.3) is 0 Å². The van der Waals surface area contributed by atoms with Crippen LogP contribution >= 0.6 is 0 Å². The van der Waals surface area contributed by atoms with Crippen LogP contribution in [0.2, 0.25) is 0 Å². The molecule has 1 heteroatoms. The van der Waals surface area contributed by atoms with Gasteiger partial charge in [-0.15, -0.1) is 0 Å². The molecule has 4 saturated carbocycles. The molecule has 0 radical (unpaired) electrons. The van der Waals surface area contributed by atoms with E-state index in [1.165, 1.54) is 38.5 Å². The lowest BCUT2D eigenvalue weighted by atomic mass is 9.78. The van der Waals surface area contributed by atoms with Gasteiger partial charge >= 0.3 is 0 Å². The summed E-state index contributed by atoms with van der Waals surface area (Å²) >= 11 is 0. The SMILES string of the molecule is CC(CC1CCC1)NC1CC2CC1C1CCCC21. The Labute approximate surface area is 112 Å². The van der Waals surface area contributed by atoms with E-state index < -0.39 is 0 Å². The number of hydrogen-bond acceptors (Lipinski definition) is 1. The maximum absolute atomic E-state index is 4.02. The fourth-order valence-corrected chi connectivity index (χ4v) is 5.92. The molecule has 0 aliphatic heterocycles. The molecular weight excluding hydrogens is 218 g/mol. The van der Waals surface area contributed by atoms with Crippen molar-refractivity contribution in [3.63, 3.8) is 0 Å². The molecule has 102 valence electrons. The molecule has 4 fully saturated rings. The zero-order valence-corrected chi connectivity index (χ0v) is 11.9. The average molecular weight is 247 g/mol. The molecule has 1 nitrogen and oxygen atoms in total. The van der Waals surface area contributed by atoms with E-state index in [1.807, 2.05) is 0 Å². The van der Waals surface area contributed by atoms with E-state index in [9.17, 15) is 0 Å². The summed E-state index contributed by atoms with van der Waals surface area (Å²) in [4.78, 5) is 0. The highest BCUT2D eigenvalue weighted by atomic mass is 15.0. The van der Waals surface area contributed by atoms with Crippen molar-refractivity contribution in [2.45, 2.75) is 76.8 Å². The first-order valence-electron chi connectivity index (χ1n) is 8.57. The second kappa shape index (κ2) is 4.51. The van der Waals surface area contributed by atoms with Crippen molar-refractivity contribution in [2.75, 3.05) is 0 Å². The predicted molar refractivity (Wildman–Crippen MR) is 75.4 cm³/mol. The molecule has 6 atom stereocenters. The van der Waals surface area contributed by atoms with E-state index in [1.54, 1.807) is 19.3 Å². The highest BCUT2D eigenvalue weighted by molar-refractivity contribution is 5.05.